The molecular formula is C36H20N4. The molecule has 0 fully saturated rings. The fraction of sp³-hybridized carbons (Fsp3) is 0. The lowest BCUT2D eigenvalue weighted by molar-refractivity contribution is 1.11. The Morgan fingerprint density at radius 2 is 1.10 bits per heavy atom. The molecule has 0 atom stereocenters. The maximum absolute atomic E-state index is 5.31. The van der Waals surface area contributed by atoms with E-state index >= 15 is 0 Å². The second-order valence-electron chi connectivity index (χ2n) is 10.6. The molecule has 4 heteroatoms. The Bertz CT molecular complexity index is 2660. The molecule has 5 aromatic carbocycles. The fourth-order valence-electron chi connectivity index (χ4n) is 7.03. The lowest BCUT2D eigenvalue weighted by atomic mass is 10.0. The Hall–Kier alpha value is -5.48. The van der Waals surface area contributed by atoms with Crippen LogP contribution in [0.15, 0.2) is 121 Å². The van der Waals surface area contributed by atoms with Crippen molar-refractivity contribution in [1.29, 1.82) is 0 Å². The zero-order chi connectivity index (χ0) is 25.9. The van der Waals surface area contributed by atoms with Gasteiger partial charge < -0.3 is 4.40 Å². The number of pyridine rings is 2. The van der Waals surface area contributed by atoms with Gasteiger partial charge in [0.2, 0.25) is 0 Å². The van der Waals surface area contributed by atoms with Crippen LogP contribution >= 0.6 is 0 Å². The first-order chi connectivity index (χ1) is 19.9. The third-order valence-electron chi connectivity index (χ3n) is 8.65. The summed E-state index contributed by atoms with van der Waals surface area (Å²) in [6, 6.07) is 41.3. The summed E-state index contributed by atoms with van der Waals surface area (Å²) in [5.41, 5.74) is 7.95. The number of aromatic nitrogens is 4. The molecule has 0 saturated heterocycles. The van der Waals surface area contributed by atoms with Crippen LogP contribution in [0, 0.1) is 0 Å². The molecule has 0 aliphatic rings. The molecule has 184 valence electrons. The molecular weight excluding hydrogens is 488 g/mol. The third-order valence-corrected chi connectivity index (χ3v) is 8.65. The Morgan fingerprint density at radius 3 is 1.93 bits per heavy atom. The van der Waals surface area contributed by atoms with Gasteiger partial charge in [-0.05, 0) is 42.5 Å². The molecule has 40 heavy (non-hydrogen) atoms. The van der Waals surface area contributed by atoms with Gasteiger partial charge in [0.15, 0.2) is 0 Å². The highest BCUT2D eigenvalue weighted by atomic mass is 15.1. The lowest BCUT2D eigenvalue weighted by Crippen LogP contribution is -1.98. The first-order valence-electron chi connectivity index (χ1n) is 13.6. The Kier molecular flexibility index (Phi) is 3.65. The van der Waals surface area contributed by atoms with E-state index in [0.29, 0.717) is 0 Å². The standard InChI is InChI=1S/C36H20N4/c1-4-12-28-23(9-1)26-20-27-24-10-2-5-13-29(24)40(36(27)32-25-11-3-6-14-30(25)39(28)35(26)32)31-18-17-22-16-15-21-8-7-19-37-33(21)34(22)38-31/h1-20H. The molecule has 0 bridgehead atoms. The summed E-state index contributed by atoms with van der Waals surface area (Å²) in [7, 11) is 0. The lowest BCUT2D eigenvalue weighted by Gasteiger charge is -2.10. The van der Waals surface area contributed by atoms with Gasteiger partial charge in [0.1, 0.15) is 5.82 Å². The first kappa shape index (κ1) is 20.5. The number of hydrogen-bond acceptors (Lipinski definition) is 2. The van der Waals surface area contributed by atoms with Crippen molar-refractivity contribution in [2.45, 2.75) is 0 Å². The van der Waals surface area contributed by atoms with Crippen LogP contribution < -0.4 is 0 Å². The van der Waals surface area contributed by atoms with Gasteiger partial charge in [0.25, 0.3) is 0 Å². The zero-order valence-electron chi connectivity index (χ0n) is 21.3. The normalized spacial score (nSPS) is 12.5. The second-order valence-corrected chi connectivity index (χ2v) is 10.6. The maximum Gasteiger partial charge on any atom is 0.138 e. The molecule has 0 amide bonds. The van der Waals surface area contributed by atoms with Gasteiger partial charge >= 0.3 is 0 Å². The molecule has 0 spiro atoms. The maximum atomic E-state index is 5.31. The number of rotatable bonds is 1. The second kappa shape index (κ2) is 7.13. The molecule has 10 rings (SSSR count). The highest BCUT2D eigenvalue weighted by Gasteiger charge is 2.24. The quantitative estimate of drug-likeness (QED) is 0.207. The van der Waals surface area contributed by atoms with Crippen LogP contribution in [0.2, 0.25) is 0 Å². The average molecular weight is 509 g/mol. The molecule has 5 heterocycles. The topological polar surface area (TPSA) is 35.1 Å². The van der Waals surface area contributed by atoms with Gasteiger partial charge in [-0.15, -0.1) is 0 Å². The smallest absolute Gasteiger partial charge is 0.138 e. The van der Waals surface area contributed by atoms with Crippen molar-refractivity contribution in [3.8, 4) is 5.82 Å². The Labute approximate surface area is 227 Å². The number of fused-ring (bicyclic) bond motifs is 13. The highest BCUT2D eigenvalue weighted by Crippen LogP contribution is 2.46. The Balaban J connectivity index is 1.48. The SMILES string of the molecule is c1cnc2c(c1)ccc1ccc(-n3c4ccccc4c4cc5c6ccccc6n6c7ccccc7c(c43)c56)nc12. The molecule has 0 N–H and O–H groups in total. The van der Waals surface area contributed by atoms with E-state index in [-0.39, 0.29) is 0 Å². The van der Waals surface area contributed by atoms with Crippen molar-refractivity contribution in [1.82, 2.24) is 18.9 Å². The zero-order valence-corrected chi connectivity index (χ0v) is 21.3. The number of para-hydroxylation sites is 3. The monoisotopic (exact) mass is 508 g/mol. The molecule has 0 aliphatic carbocycles. The summed E-state index contributed by atoms with van der Waals surface area (Å²) in [6.07, 6.45) is 1.85. The van der Waals surface area contributed by atoms with Crippen LogP contribution in [-0.2, 0) is 0 Å². The first-order valence-corrected chi connectivity index (χ1v) is 13.6. The molecule has 10 aromatic rings. The van der Waals surface area contributed by atoms with Crippen LogP contribution in [0.25, 0.3) is 87.5 Å². The van der Waals surface area contributed by atoms with Crippen molar-refractivity contribution in [2.24, 2.45) is 0 Å². The van der Waals surface area contributed by atoms with Crippen molar-refractivity contribution < 1.29 is 0 Å². The minimum Gasteiger partial charge on any atom is -0.308 e. The molecule has 0 radical (unpaired) electrons. The van der Waals surface area contributed by atoms with Gasteiger partial charge in [0.05, 0.1) is 38.6 Å². The van der Waals surface area contributed by atoms with Gasteiger partial charge in [-0.3, -0.25) is 9.55 Å². The van der Waals surface area contributed by atoms with E-state index in [1.54, 1.807) is 0 Å². The van der Waals surface area contributed by atoms with Crippen LogP contribution in [0.4, 0.5) is 0 Å². The molecule has 4 nitrogen and oxygen atoms in total. The van der Waals surface area contributed by atoms with Gasteiger partial charge in [-0.25, -0.2) is 4.98 Å². The number of nitrogens with zero attached hydrogens (tertiary/aromatic N) is 4. The van der Waals surface area contributed by atoms with E-state index in [2.05, 4.69) is 118 Å². The van der Waals surface area contributed by atoms with E-state index in [0.717, 1.165) is 33.1 Å². The predicted molar refractivity (Wildman–Crippen MR) is 166 cm³/mol. The molecule has 5 aromatic heterocycles. The van der Waals surface area contributed by atoms with Crippen molar-refractivity contribution in [3.63, 3.8) is 0 Å². The number of benzene rings is 5. The molecule has 0 saturated carbocycles. The summed E-state index contributed by atoms with van der Waals surface area (Å²) >= 11 is 0. The Morgan fingerprint density at radius 1 is 0.475 bits per heavy atom. The van der Waals surface area contributed by atoms with Crippen molar-refractivity contribution >= 4 is 81.7 Å². The third kappa shape index (κ3) is 2.38. The highest BCUT2D eigenvalue weighted by molar-refractivity contribution is 6.34. The predicted octanol–water partition coefficient (Wildman–Crippen LogP) is 9.03. The van der Waals surface area contributed by atoms with E-state index < -0.39 is 0 Å². The van der Waals surface area contributed by atoms with Crippen molar-refractivity contribution in [2.75, 3.05) is 0 Å². The summed E-state index contributed by atoms with van der Waals surface area (Å²) in [4.78, 5) is 10.0. The minimum atomic E-state index is 0.902. The largest absolute Gasteiger partial charge is 0.308 e. The fourth-order valence-corrected chi connectivity index (χ4v) is 7.03. The van der Waals surface area contributed by atoms with Gasteiger partial charge in [-0.1, -0.05) is 72.8 Å². The van der Waals surface area contributed by atoms with Gasteiger partial charge in [-0.2, -0.15) is 0 Å². The van der Waals surface area contributed by atoms with Crippen LogP contribution in [0.1, 0.15) is 0 Å². The van der Waals surface area contributed by atoms with Crippen LogP contribution in [0.5, 0.6) is 0 Å². The summed E-state index contributed by atoms with van der Waals surface area (Å²) < 4.78 is 4.81. The van der Waals surface area contributed by atoms with Crippen LogP contribution in [-0.4, -0.2) is 18.9 Å². The van der Waals surface area contributed by atoms with Gasteiger partial charge in [0, 0.05) is 49.3 Å². The summed E-state index contributed by atoms with van der Waals surface area (Å²) in [6.45, 7) is 0. The minimum absolute atomic E-state index is 0.902. The van der Waals surface area contributed by atoms with Crippen molar-refractivity contribution in [3.05, 3.63) is 121 Å². The molecule has 0 aliphatic heterocycles. The average Bonchev–Trinajstić information content (AvgIpc) is 3.65. The van der Waals surface area contributed by atoms with E-state index in [4.69, 9.17) is 9.97 Å². The van der Waals surface area contributed by atoms with E-state index in [1.807, 2.05) is 12.3 Å². The molecule has 0 unspecified atom stereocenters. The van der Waals surface area contributed by atoms with E-state index in [9.17, 15) is 0 Å². The summed E-state index contributed by atoms with van der Waals surface area (Å²) in [5, 5.41) is 9.77. The number of hydrogen-bond donors (Lipinski definition) is 0. The summed E-state index contributed by atoms with van der Waals surface area (Å²) in [5.74, 6) is 0.902. The van der Waals surface area contributed by atoms with E-state index in [1.165, 1.54) is 54.4 Å². The van der Waals surface area contributed by atoms with Crippen LogP contribution in [0.3, 0.4) is 0 Å².